The third-order valence-electron chi connectivity index (χ3n) is 1.92. The Labute approximate surface area is 77.4 Å². The number of rotatable bonds is 2. The molecule has 0 aromatic carbocycles. The first-order valence-electron chi connectivity index (χ1n) is 4.12. The van der Waals surface area contributed by atoms with Gasteiger partial charge in [0.15, 0.2) is 12.6 Å². The second kappa shape index (κ2) is 3.17. The maximum atomic E-state index is 10.6. The van der Waals surface area contributed by atoms with Crippen LogP contribution in [0.4, 0.5) is 0 Å². The van der Waals surface area contributed by atoms with Crippen molar-refractivity contribution in [1.29, 1.82) is 0 Å². The van der Waals surface area contributed by atoms with Crippen LogP contribution in [0.3, 0.4) is 0 Å². The molecule has 3 nitrogen and oxygen atoms in total. The van der Waals surface area contributed by atoms with E-state index in [-0.39, 0.29) is 5.54 Å². The molecule has 0 fully saturated rings. The van der Waals surface area contributed by atoms with E-state index in [9.17, 15) is 9.59 Å². The highest BCUT2D eigenvalue weighted by Crippen LogP contribution is 2.17. The molecule has 70 valence electrons. The molecular formula is C10H13NO2. The maximum absolute atomic E-state index is 10.6. The predicted molar refractivity (Wildman–Crippen MR) is 50.2 cm³/mol. The van der Waals surface area contributed by atoms with Crippen LogP contribution >= 0.6 is 0 Å². The minimum absolute atomic E-state index is 0.0982. The number of nitrogens with zero attached hydrogens (tertiary/aromatic N) is 1. The van der Waals surface area contributed by atoms with Crippen LogP contribution < -0.4 is 0 Å². The first-order valence-corrected chi connectivity index (χ1v) is 4.12. The molecule has 0 radical (unpaired) electrons. The Kier molecular flexibility index (Phi) is 2.36. The largest absolute Gasteiger partial charge is 0.348 e. The van der Waals surface area contributed by atoms with E-state index in [2.05, 4.69) is 0 Å². The summed E-state index contributed by atoms with van der Waals surface area (Å²) in [6, 6.07) is 0. The van der Waals surface area contributed by atoms with Gasteiger partial charge in [0.2, 0.25) is 0 Å². The Balaban J connectivity index is 3.21. The van der Waals surface area contributed by atoms with Crippen molar-refractivity contribution < 1.29 is 9.59 Å². The molecule has 0 N–H and O–H groups in total. The van der Waals surface area contributed by atoms with Gasteiger partial charge in [0.25, 0.3) is 0 Å². The van der Waals surface area contributed by atoms with E-state index in [1.807, 2.05) is 25.3 Å². The van der Waals surface area contributed by atoms with Crippen LogP contribution in [-0.2, 0) is 5.54 Å². The number of aromatic nitrogens is 1. The predicted octanol–water partition coefficient (Wildman–Crippen LogP) is 1.87. The molecule has 3 heteroatoms. The van der Waals surface area contributed by atoms with Crippen molar-refractivity contribution in [3.8, 4) is 0 Å². The van der Waals surface area contributed by atoms with Crippen LogP contribution in [0.5, 0.6) is 0 Å². The number of hydrogen-bond acceptors (Lipinski definition) is 2. The summed E-state index contributed by atoms with van der Waals surface area (Å²) in [4.78, 5) is 21.1. The lowest BCUT2D eigenvalue weighted by molar-refractivity contribution is 0.109. The SMILES string of the molecule is CC(C)(C)n1cc(C=O)c(C=O)c1. The van der Waals surface area contributed by atoms with Crippen molar-refractivity contribution in [1.82, 2.24) is 4.57 Å². The average Bonchev–Trinajstić information content (AvgIpc) is 2.45. The monoisotopic (exact) mass is 179 g/mol. The molecule has 1 aromatic heterocycles. The van der Waals surface area contributed by atoms with Gasteiger partial charge in [0, 0.05) is 29.1 Å². The third kappa shape index (κ3) is 1.86. The zero-order chi connectivity index (χ0) is 10.1. The molecule has 0 aliphatic carbocycles. The quantitative estimate of drug-likeness (QED) is 0.650. The summed E-state index contributed by atoms with van der Waals surface area (Å²) in [5.74, 6) is 0. The van der Waals surface area contributed by atoms with Crippen molar-refractivity contribution >= 4 is 12.6 Å². The fraction of sp³-hybridized carbons (Fsp3) is 0.400. The van der Waals surface area contributed by atoms with E-state index >= 15 is 0 Å². The van der Waals surface area contributed by atoms with Gasteiger partial charge < -0.3 is 4.57 Å². The molecule has 1 rings (SSSR count). The Morgan fingerprint density at radius 2 is 1.46 bits per heavy atom. The number of hydrogen-bond donors (Lipinski definition) is 0. The second-order valence-corrected chi connectivity index (χ2v) is 3.98. The van der Waals surface area contributed by atoms with Crippen molar-refractivity contribution in [3.05, 3.63) is 23.5 Å². The fourth-order valence-electron chi connectivity index (χ4n) is 1.07. The van der Waals surface area contributed by atoms with Crippen LogP contribution in [-0.4, -0.2) is 17.1 Å². The molecule has 0 amide bonds. The van der Waals surface area contributed by atoms with Gasteiger partial charge in [-0.3, -0.25) is 9.59 Å². The summed E-state index contributed by atoms with van der Waals surface area (Å²) in [6.45, 7) is 6.03. The van der Waals surface area contributed by atoms with Gasteiger partial charge in [-0.05, 0) is 20.8 Å². The smallest absolute Gasteiger partial charge is 0.152 e. The van der Waals surface area contributed by atoms with E-state index in [1.54, 1.807) is 12.4 Å². The molecule has 13 heavy (non-hydrogen) atoms. The van der Waals surface area contributed by atoms with Gasteiger partial charge >= 0.3 is 0 Å². The molecule has 0 aliphatic rings. The highest BCUT2D eigenvalue weighted by Gasteiger charge is 2.15. The van der Waals surface area contributed by atoms with Gasteiger partial charge in [-0.1, -0.05) is 0 Å². The highest BCUT2D eigenvalue weighted by atomic mass is 16.1. The minimum Gasteiger partial charge on any atom is -0.348 e. The lowest BCUT2D eigenvalue weighted by atomic mass is 10.1. The Morgan fingerprint density at radius 1 is 1.08 bits per heavy atom. The zero-order valence-electron chi connectivity index (χ0n) is 8.07. The molecule has 0 atom stereocenters. The van der Waals surface area contributed by atoms with E-state index in [1.165, 1.54) is 0 Å². The van der Waals surface area contributed by atoms with Crippen LogP contribution in [0.2, 0.25) is 0 Å². The number of carbonyl (C=O) groups is 2. The second-order valence-electron chi connectivity index (χ2n) is 3.98. The van der Waals surface area contributed by atoms with Crippen molar-refractivity contribution in [2.75, 3.05) is 0 Å². The lowest BCUT2D eigenvalue weighted by Gasteiger charge is -2.20. The molecule has 0 aliphatic heterocycles. The Bertz CT molecular complexity index is 306. The van der Waals surface area contributed by atoms with E-state index in [0.717, 1.165) is 0 Å². The normalized spacial score (nSPS) is 11.3. The standard InChI is InChI=1S/C10H13NO2/c1-10(2,3)11-4-8(6-12)9(5-11)7-13/h4-7H,1-3H3. The van der Waals surface area contributed by atoms with Crippen LogP contribution in [0.1, 0.15) is 41.5 Å². The Morgan fingerprint density at radius 3 is 1.69 bits per heavy atom. The number of carbonyl (C=O) groups excluding carboxylic acids is 2. The number of aldehydes is 2. The first kappa shape index (κ1) is 9.71. The molecule has 0 spiro atoms. The van der Waals surface area contributed by atoms with Crippen LogP contribution in [0.25, 0.3) is 0 Å². The van der Waals surface area contributed by atoms with Crippen LogP contribution in [0, 0.1) is 0 Å². The molecule has 0 saturated carbocycles. The fourth-order valence-corrected chi connectivity index (χ4v) is 1.07. The van der Waals surface area contributed by atoms with Gasteiger partial charge in [-0.15, -0.1) is 0 Å². The van der Waals surface area contributed by atoms with Crippen LogP contribution in [0.15, 0.2) is 12.4 Å². The minimum atomic E-state index is -0.0982. The molecular weight excluding hydrogens is 166 g/mol. The molecule has 0 bridgehead atoms. The third-order valence-corrected chi connectivity index (χ3v) is 1.92. The summed E-state index contributed by atoms with van der Waals surface area (Å²) < 4.78 is 1.86. The molecule has 0 unspecified atom stereocenters. The summed E-state index contributed by atoms with van der Waals surface area (Å²) >= 11 is 0. The van der Waals surface area contributed by atoms with E-state index in [0.29, 0.717) is 23.7 Å². The zero-order valence-corrected chi connectivity index (χ0v) is 8.07. The maximum Gasteiger partial charge on any atom is 0.152 e. The van der Waals surface area contributed by atoms with Crippen molar-refractivity contribution in [3.63, 3.8) is 0 Å². The Hall–Kier alpha value is -1.38. The highest BCUT2D eigenvalue weighted by molar-refractivity contribution is 5.90. The summed E-state index contributed by atoms with van der Waals surface area (Å²) in [6.07, 6.45) is 4.78. The molecule has 1 aromatic rings. The van der Waals surface area contributed by atoms with Gasteiger partial charge in [-0.2, -0.15) is 0 Å². The summed E-state index contributed by atoms with van der Waals surface area (Å²) in [7, 11) is 0. The molecule has 1 heterocycles. The van der Waals surface area contributed by atoms with E-state index < -0.39 is 0 Å². The molecule has 0 saturated heterocycles. The van der Waals surface area contributed by atoms with Crippen molar-refractivity contribution in [2.24, 2.45) is 0 Å². The summed E-state index contributed by atoms with van der Waals surface area (Å²) in [5.41, 5.74) is 0.800. The van der Waals surface area contributed by atoms with E-state index in [4.69, 9.17) is 0 Å². The van der Waals surface area contributed by atoms with Crippen molar-refractivity contribution in [2.45, 2.75) is 26.3 Å². The van der Waals surface area contributed by atoms with Gasteiger partial charge in [-0.25, -0.2) is 0 Å². The lowest BCUT2D eigenvalue weighted by Crippen LogP contribution is -2.19. The topological polar surface area (TPSA) is 39.1 Å². The average molecular weight is 179 g/mol. The van der Waals surface area contributed by atoms with Gasteiger partial charge in [0.1, 0.15) is 0 Å². The first-order chi connectivity index (χ1) is 5.99. The van der Waals surface area contributed by atoms with Gasteiger partial charge in [0.05, 0.1) is 0 Å². The summed E-state index contributed by atoms with van der Waals surface area (Å²) in [5, 5.41) is 0.